The largest absolute Gasteiger partial charge is 0.307 e. The number of pyridine rings is 1. The topological polar surface area (TPSA) is 17.3 Å². The molecule has 0 aromatic carbocycles. The molecule has 0 aliphatic carbocycles. The van der Waals surface area contributed by atoms with Crippen LogP contribution in [0.1, 0.15) is 5.56 Å². The van der Waals surface area contributed by atoms with Gasteiger partial charge in [-0.3, -0.25) is 0 Å². The predicted octanol–water partition coefficient (Wildman–Crippen LogP) is 2.23. The lowest BCUT2D eigenvalue weighted by Crippen LogP contribution is -1.85. The van der Waals surface area contributed by atoms with E-state index in [4.69, 9.17) is 0 Å². The van der Waals surface area contributed by atoms with Crippen LogP contribution in [-0.2, 0) is 5.33 Å². The third kappa shape index (κ3) is 1.16. The van der Waals surface area contributed by atoms with Gasteiger partial charge in [-0.2, -0.15) is 0 Å². The number of halogens is 1. The first-order valence-corrected chi connectivity index (χ1v) is 4.50. The number of hydrogen-bond donors (Lipinski definition) is 0. The van der Waals surface area contributed by atoms with Crippen molar-refractivity contribution >= 4 is 21.6 Å². The molecule has 0 aliphatic rings. The summed E-state index contributed by atoms with van der Waals surface area (Å²) < 4.78 is 2.01. The molecule has 0 saturated heterocycles. The van der Waals surface area contributed by atoms with E-state index in [1.165, 1.54) is 5.56 Å². The van der Waals surface area contributed by atoms with E-state index in [2.05, 4.69) is 33.2 Å². The van der Waals surface area contributed by atoms with E-state index in [1.807, 2.05) is 16.7 Å². The summed E-state index contributed by atoms with van der Waals surface area (Å²) >= 11 is 3.40. The second-order valence-electron chi connectivity index (χ2n) is 2.36. The van der Waals surface area contributed by atoms with Gasteiger partial charge in [0.05, 0.1) is 0 Å². The number of nitrogens with zero attached hydrogens (tertiary/aromatic N) is 2. The van der Waals surface area contributed by atoms with Gasteiger partial charge in [-0.05, 0) is 11.6 Å². The lowest BCUT2D eigenvalue weighted by Gasteiger charge is -1.95. The smallest absolute Gasteiger partial charge is 0.136 e. The van der Waals surface area contributed by atoms with Gasteiger partial charge in [0.1, 0.15) is 5.65 Å². The molecule has 2 rings (SSSR count). The van der Waals surface area contributed by atoms with Crippen LogP contribution in [0.15, 0.2) is 30.7 Å². The monoisotopic (exact) mass is 210 g/mol. The van der Waals surface area contributed by atoms with Crippen molar-refractivity contribution in [3.63, 3.8) is 0 Å². The summed E-state index contributed by atoms with van der Waals surface area (Å²) in [4.78, 5) is 4.14. The van der Waals surface area contributed by atoms with E-state index < -0.39 is 0 Å². The Kier molecular flexibility index (Phi) is 1.66. The maximum atomic E-state index is 4.14. The molecule has 0 fully saturated rings. The summed E-state index contributed by atoms with van der Waals surface area (Å²) in [6.45, 7) is 0. The Morgan fingerprint density at radius 3 is 3.18 bits per heavy atom. The molecule has 0 bridgehead atoms. The van der Waals surface area contributed by atoms with Crippen LogP contribution in [0.5, 0.6) is 0 Å². The highest BCUT2D eigenvalue weighted by Gasteiger charge is 1.93. The number of hydrogen-bond acceptors (Lipinski definition) is 1. The summed E-state index contributed by atoms with van der Waals surface area (Å²) in [6.07, 6.45) is 5.81. The minimum atomic E-state index is 0.890. The molecule has 56 valence electrons. The molecule has 2 heterocycles. The maximum Gasteiger partial charge on any atom is 0.136 e. The van der Waals surface area contributed by atoms with Crippen molar-refractivity contribution in [2.75, 3.05) is 0 Å². The molecule has 0 radical (unpaired) electrons. The molecule has 0 spiro atoms. The second-order valence-corrected chi connectivity index (χ2v) is 2.92. The third-order valence-corrected chi connectivity index (χ3v) is 2.25. The highest BCUT2D eigenvalue weighted by molar-refractivity contribution is 9.08. The molecule has 0 amide bonds. The van der Waals surface area contributed by atoms with Crippen LogP contribution in [0, 0.1) is 0 Å². The third-order valence-electron chi connectivity index (χ3n) is 1.60. The van der Waals surface area contributed by atoms with Crippen LogP contribution in [0.25, 0.3) is 5.65 Å². The zero-order chi connectivity index (χ0) is 7.68. The molecule has 2 nitrogen and oxygen atoms in total. The molecule has 0 saturated carbocycles. The van der Waals surface area contributed by atoms with E-state index in [1.54, 1.807) is 6.20 Å². The van der Waals surface area contributed by atoms with Gasteiger partial charge in [0.2, 0.25) is 0 Å². The average Bonchev–Trinajstić information content (AvgIpc) is 2.50. The first-order chi connectivity index (χ1) is 5.40. The molecule has 0 unspecified atom stereocenters. The van der Waals surface area contributed by atoms with E-state index in [-0.39, 0.29) is 0 Å². The molecule has 2 aromatic heterocycles. The Morgan fingerprint density at radius 1 is 1.45 bits per heavy atom. The predicted molar refractivity (Wildman–Crippen MR) is 47.8 cm³/mol. The van der Waals surface area contributed by atoms with E-state index in [9.17, 15) is 0 Å². The highest BCUT2D eigenvalue weighted by atomic mass is 79.9. The minimum Gasteiger partial charge on any atom is -0.307 e. The summed E-state index contributed by atoms with van der Waals surface area (Å²) in [5.41, 5.74) is 2.25. The first-order valence-electron chi connectivity index (χ1n) is 3.38. The summed E-state index contributed by atoms with van der Waals surface area (Å²) in [6, 6.07) is 4.08. The van der Waals surface area contributed by atoms with E-state index >= 15 is 0 Å². The van der Waals surface area contributed by atoms with Crippen molar-refractivity contribution in [2.45, 2.75) is 5.33 Å². The second kappa shape index (κ2) is 2.66. The van der Waals surface area contributed by atoms with E-state index in [0.717, 1.165) is 11.0 Å². The quantitative estimate of drug-likeness (QED) is 0.661. The average molecular weight is 211 g/mol. The van der Waals surface area contributed by atoms with Gasteiger partial charge in [0.15, 0.2) is 0 Å². The summed E-state index contributed by atoms with van der Waals surface area (Å²) in [5, 5.41) is 0.890. The first kappa shape index (κ1) is 6.85. The van der Waals surface area contributed by atoms with Crippen LogP contribution in [0.3, 0.4) is 0 Å². The van der Waals surface area contributed by atoms with Gasteiger partial charge in [-0.15, -0.1) is 0 Å². The Bertz CT molecular complexity index is 367. The van der Waals surface area contributed by atoms with Gasteiger partial charge < -0.3 is 4.40 Å². The molecule has 0 atom stereocenters. The van der Waals surface area contributed by atoms with Gasteiger partial charge in [0, 0.05) is 23.9 Å². The van der Waals surface area contributed by atoms with Crippen molar-refractivity contribution in [3.8, 4) is 0 Å². The molecule has 0 aliphatic heterocycles. The van der Waals surface area contributed by atoms with Gasteiger partial charge in [0.25, 0.3) is 0 Å². The number of rotatable bonds is 1. The molecule has 11 heavy (non-hydrogen) atoms. The van der Waals surface area contributed by atoms with Gasteiger partial charge >= 0.3 is 0 Å². The van der Waals surface area contributed by atoms with Crippen LogP contribution in [-0.4, -0.2) is 9.38 Å². The number of aromatic nitrogens is 2. The zero-order valence-corrected chi connectivity index (χ0v) is 7.45. The lowest BCUT2D eigenvalue weighted by atomic mass is 10.3. The van der Waals surface area contributed by atoms with Crippen molar-refractivity contribution in [2.24, 2.45) is 0 Å². The fourth-order valence-electron chi connectivity index (χ4n) is 1.05. The van der Waals surface area contributed by atoms with Crippen LogP contribution >= 0.6 is 15.9 Å². The molecule has 3 heteroatoms. The van der Waals surface area contributed by atoms with Gasteiger partial charge in [-0.25, -0.2) is 4.98 Å². The number of alkyl halides is 1. The Labute approximate surface area is 73.0 Å². The molecular weight excluding hydrogens is 204 g/mol. The standard InChI is InChI=1S/C8H7BrN2/c9-5-7-1-2-8-10-3-4-11(8)6-7/h1-4,6H,5H2. The SMILES string of the molecule is BrCc1ccc2nccn2c1. The molecule has 0 N–H and O–H groups in total. The zero-order valence-electron chi connectivity index (χ0n) is 5.87. The number of imidazole rings is 1. The van der Waals surface area contributed by atoms with Crippen molar-refractivity contribution in [3.05, 3.63) is 36.3 Å². The van der Waals surface area contributed by atoms with Crippen molar-refractivity contribution in [1.82, 2.24) is 9.38 Å². The van der Waals surface area contributed by atoms with Crippen LogP contribution in [0.2, 0.25) is 0 Å². The molecule has 2 aromatic rings. The fraction of sp³-hybridized carbons (Fsp3) is 0.125. The van der Waals surface area contributed by atoms with Crippen LogP contribution < -0.4 is 0 Å². The maximum absolute atomic E-state index is 4.14. The Balaban J connectivity index is 2.67. The van der Waals surface area contributed by atoms with Crippen molar-refractivity contribution in [1.29, 1.82) is 0 Å². The minimum absolute atomic E-state index is 0.890. The summed E-state index contributed by atoms with van der Waals surface area (Å²) in [7, 11) is 0. The van der Waals surface area contributed by atoms with Gasteiger partial charge in [-0.1, -0.05) is 22.0 Å². The summed E-state index contributed by atoms with van der Waals surface area (Å²) in [5.74, 6) is 0. The molecular formula is C8H7BrN2. The fourth-order valence-corrected chi connectivity index (χ4v) is 1.38. The highest BCUT2D eigenvalue weighted by Crippen LogP contribution is 2.07. The van der Waals surface area contributed by atoms with Crippen molar-refractivity contribution < 1.29 is 0 Å². The Morgan fingerprint density at radius 2 is 2.36 bits per heavy atom. The lowest BCUT2D eigenvalue weighted by molar-refractivity contribution is 1.15. The van der Waals surface area contributed by atoms with E-state index in [0.29, 0.717) is 0 Å². The number of fused-ring (bicyclic) bond motifs is 1. The normalized spacial score (nSPS) is 10.6. The van der Waals surface area contributed by atoms with Crippen LogP contribution in [0.4, 0.5) is 0 Å². The Hall–Kier alpha value is -0.830.